The quantitative estimate of drug-likeness (QED) is 0.666. The summed E-state index contributed by atoms with van der Waals surface area (Å²) in [7, 11) is 0. The molecule has 0 aliphatic rings. The van der Waals surface area contributed by atoms with Crippen molar-refractivity contribution in [3.8, 4) is 0 Å². The summed E-state index contributed by atoms with van der Waals surface area (Å²) in [6, 6.07) is 11.1. The zero-order valence-electron chi connectivity index (χ0n) is 11.0. The number of amides is 1. The molecule has 0 bridgehead atoms. The molecule has 0 aliphatic heterocycles. The number of aryl methyl sites for hydroxylation is 1. The van der Waals surface area contributed by atoms with Crippen LogP contribution >= 0.6 is 0 Å². The predicted octanol–water partition coefficient (Wildman–Crippen LogP) is 2.71. The van der Waals surface area contributed by atoms with Crippen molar-refractivity contribution in [2.75, 3.05) is 11.1 Å². The Hall–Kier alpha value is -2.82. The third-order valence-corrected chi connectivity index (χ3v) is 3.10. The average Bonchev–Trinajstić information content (AvgIpc) is 2.78. The molecule has 4 N–H and O–H groups in total. The number of nitrogens with one attached hydrogen (secondary N) is 2. The zero-order chi connectivity index (χ0) is 14.1. The van der Waals surface area contributed by atoms with Crippen molar-refractivity contribution in [3.05, 3.63) is 53.9 Å². The van der Waals surface area contributed by atoms with Crippen LogP contribution in [0.15, 0.2) is 42.6 Å². The molecule has 3 rings (SSSR count). The highest BCUT2D eigenvalue weighted by atomic mass is 16.1. The van der Waals surface area contributed by atoms with Gasteiger partial charge in [-0.25, -0.2) is 4.98 Å². The number of anilines is 2. The van der Waals surface area contributed by atoms with E-state index >= 15 is 0 Å². The van der Waals surface area contributed by atoms with Gasteiger partial charge in [0.1, 0.15) is 5.82 Å². The number of nitrogens with zero attached hydrogens (tertiary/aromatic N) is 1. The molecule has 3 aromatic rings. The Morgan fingerprint density at radius 1 is 1.30 bits per heavy atom. The van der Waals surface area contributed by atoms with Crippen LogP contribution in [0.4, 0.5) is 11.5 Å². The lowest BCUT2D eigenvalue weighted by molar-refractivity contribution is 0.102. The Kier molecular flexibility index (Phi) is 2.87. The highest BCUT2D eigenvalue weighted by Crippen LogP contribution is 2.20. The minimum atomic E-state index is -0.262. The maximum Gasteiger partial charge on any atom is 0.259 e. The lowest BCUT2D eigenvalue weighted by Crippen LogP contribution is -2.14. The molecule has 0 saturated carbocycles. The van der Waals surface area contributed by atoms with Gasteiger partial charge in [0.2, 0.25) is 0 Å². The van der Waals surface area contributed by atoms with Gasteiger partial charge in [0.15, 0.2) is 0 Å². The van der Waals surface area contributed by atoms with Gasteiger partial charge in [0.05, 0.1) is 5.56 Å². The largest absolute Gasteiger partial charge is 0.383 e. The van der Waals surface area contributed by atoms with Crippen molar-refractivity contribution in [1.82, 2.24) is 9.97 Å². The monoisotopic (exact) mass is 266 g/mol. The Morgan fingerprint density at radius 3 is 2.95 bits per heavy atom. The van der Waals surface area contributed by atoms with E-state index in [0.717, 1.165) is 22.3 Å². The van der Waals surface area contributed by atoms with Crippen molar-refractivity contribution in [2.24, 2.45) is 0 Å². The molecule has 1 aromatic carbocycles. The van der Waals surface area contributed by atoms with Crippen LogP contribution in [0.25, 0.3) is 10.9 Å². The molecule has 0 fully saturated rings. The summed E-state index contributed by atoms with van der Waals surface area (Å²) in [6.45, 7) is 1.99. The summed E-state index contributed by atoms with van der Waals surface area (Å²) in [4.78, 5) is 19.3. The molecule has 100 valence electrons. The fourth-order valence-corrected chi connectivity index (χ4v) is 2.16. The summed E-state index contributed by atoms with van der Waals surface area (Å²) in [6.07, 6.45) is 1.56. The molecule has 5 heteroatoms. The molecular weight excluding hydrogens is 252 g/mol. The number of carbonyl (C=O) groups is 1. The van der Waals surface area contributed by atoms with E-state index in [1.807, 2.05) is 31.2 Å². The minimum absolute atomic E-state index is 0.226. The maximum absolute atomic E-state index is 12.1. The van der Waals surface area contributed by atoms with Gasteiger partial charge in [-0.1, -0.05) is 0 Å². The summed E-state index contributed by atoms with van der Waals surface area (Å²) in [5.74, 6) is -0.0363. The number of nitrogen functional groups attached to an aromatic ring is 1. The van der Waals surface area contributed by atoms with E-state index in [-0.39, 0.29) is 11.7 Å². The number of benzene rings is 1. The maximum atomic E-state index is 12.1. The third kappa shape index (κ3) is 2.21. The highest BCUT2D eigenvalue weighted by molar-refractivity contribution is 6.07. The smallest absolute Gasteiger partial charge is 0.259 e. The van der Waals surface area contributed by atoms with Crippen LogP contribution in [0.2, 0.25) is 0 Å². The van der Waals surface area contributed by atoms with Gasteiger partial charge >= 0.3 is 0 Å². The number of fused-ring (bicyclic) bond motifs is 1. The molecule has 1 amide bonds. The first-order valence-electron chi connectivity index (χ1n) is 6.25. The lowest BCUT2D eigenvalue weighted by Gasteiger charge is -2.06. The van der Waals surface area contributed by atoms with E-state index in [9.17, 15) is 4.79 Å². The van der Waals surface area contributed by atoms with Crippen LogP contribution in [0.5, 0.6) is 0 Å². The Morgan fingerprint density at radius 2 is 2.15 bits per heavy atom. The van der Waals surface area contributed by atoms with Crippen molar-refractivity contribution >= 4 is 28.3 Å². The van der Waals surface area contributed by atoms with Gasteiger partial charge in [-0.05, 0) is 43.3 Å². The molecule has 20 heavy (non-hydrogen) atoms. The fraction of sp³-hybridized carbons (Fsp3) is 0.0667. The van der Waals surface area contributed by atoms with E-state index < -0.39 is 0 Å². The molecular formula is C15H14N4O. The van der Waals surface area contributed by atoms with Gasteiger partial charge in [-0.3, -0.25) is 4.79 Å². The topological polar surface area (TPSA) is 83.8 Å². The van der Waals surface area contributed by atoms with E-state index in [0.29, 0.717) is 5.56 Å². The highest BCUT2D eigenvalue weighted by Gasteiger charge is 2.10. The van der Waals surface area contributed by atoms with Crippen molar-refractivity contribution < 1.29 is 4.79 Å². The van der Waals surface area contributed by atoms with Crippen molar-refractivity contribution in [1.29, 1.82) is 0 Å². The number of carbonyl (C=O) groups excluding carboxylic acids is 1. The van der Waals surface area contributed by atoms with Gasteiger partial charge in [-0.15, -0.1) is 0 Å². The molecule has 0 atom stereocenters. The number of pyridine rings is 1. The van der Waals surface area contributed by atoms with Gasteiger partial charge < -0.3 is 16.0 Å². The van der Waals surface area contributed by atoms with Gasteiger partial charge in [-0.2, -0.15) is 0 Å². The number of rotatable bonds is 2. The zero-order valence-corrected chi connectivity index (χ0v) is 11.0. The Bertz CT molecular complexity index is 791. The fourth-order valence-electron chi connectivity index (χ4n) is 2.16. The molecule has 0 saturated heterocycles. The van der Waals surface area contributed by atoms with Crippen LogP contribution in [0, 0.1) is 6.92 Å². The predicted molar refractivity (Wildman–Crippen MR) is 79.6 cm³/mol. The van der Waals surface area contributed by atoms with Gasteiger partial charge in [0.25, 0.3) is 5.91 Å². The Balaban J connectivity index is 1.89. The Labute approximate surface area is 115 Å². The van der Waals surface area contributed by atoms with E-state index in [4.69, 9.17) is 5.73 Å². The third-order valence-electron chi connectivity index (χ3n) is 3.10. The number of nitrogens with two attached hydrogens (primary N) is 1. The molecule has 0 unspecified atom stereocenters. The first-order valence-corrected chi connectivity index (χ1v) is 6.25. The second-order valence-corrected chi connectivity index (χ2v) is 4.64. The normalized spacial score (nSPS) is 10.7. The van der Waals surface area contributed by atoms with E-state index in [1.54, 1.807) is 18.3 Å². The summed E-state index contributed by atoms with van der Waals surface area (Å²) in [5.41, 5.74) is 8.92. The van der Waals surface area contributed by atoms with Crippen LogP contribution < -0.4 is 11.1 Å². The standard InChI is InChI=1S/C15H14N4O/c1-9-7-10-8-11(4-5-13(10)18-9)19-15(20)12-3-2-6-17-14(12)16/h2-8,18H,1H3,(H2,16,17)(H,19,20). The SMILES string of the molecule is Cc1cc2cc(NC(=O)c3cccnc3N)ccc2[nH]1. The molecule has 0 spiro atoms. The number of aromatic nitrogens is 2. The van der Waals surface area contributed by atoms with Crippen molar-refractivity contribution in [3.63, 3.8) is 0 Å². The van der Waals surface area contributed by atoms with Crippen molar-refractivity contribution in [2.45, 2.75) is 6.92 Å². The first kappa shape index (κ1) is 12.2. The van der Waals surface area contributed by atoms with E-state index in [1.165, 1.54) is 0 Å². The number of aromatic amines is 1. The van der Waals surface area contributed by atoms with Crippen LogP contribution in [0.3, 0.4) is 0 Å². The van der Waals surface area contributed by atoms with Crippen LogP contribution in [-0.2, 0) is 0 Å². The average molecular weight is 266 g/mol. The molecule has 2 aromatic heterocycles. The number of H-pyrrole nitrogens is 1. The number of hydrogen-bond acceptors (Lipinski definition) is 3. The molecule has 2 heterocycles. The van der Waals surface area contributed by atoms with Gasteiger partial charge in [0, 0.05) is 28.5 Å². The lowest BCUT2D eigenvalue weighted by atomic mass is 10.2. The molecule has 5 nitrogen and oxygen atoms in total. The summed E-state index contributed by atoms with van der Waals surface area (Å²) < 4.78 is 0. The molecule has 0 radical (unpaired) electrons. The van der Waals surface area contributed by atoms with E-state index in [2.05, 4.69) is 15.3 Å². The minimum Gasteiger partial charge on any atom is -0.383 e. The van der Waals surface area contributed by atoms with Crippen LogP contribution in [-0.4, -0.2) is 15.9 Å². The molecule has 0 aliphatic carbocycles. The first-order chi connectivity index (χ1) is 9.63. The summed E-state index contributed by atoms with van der Waals surface area (Å²) >= 11 is 0. The number of hydrogen-bond donors (Lipinski definition) is 3. The second kappa shape index (κ2) is 4.70. The van der Waals surface area contributed by atoms with Crippen LogP contribution in [0.1, 0.15) is 16.1 Å². The second-order valence-electron chi connectivity index (χ2n) is 4.64. The summed E-state index contributed by atoms with van der Waals surface area (Å²) in [5, 5.41) is 3.88.